The number of aliphatic hydroxyl groups excluding tert-OH is 1. The third-order valence-corrected chi connectivity index (χ3v) is 1.75. The van der Waals surface area contributed by atoms with Gasteiger partial charge in [-0.15, -0.1) is 13.2 Å². The highest BCUT2D eigenvalue weighted by molar-refractivity contribution is 5.32. The van der Waals surface area contributed by atoms with E-state index in [4.69, 9.17) is 5.11 Å². The molecule has 9 heteroatoms. The summed E-state index contributed by atoms with van der Waals surface area (Å²) in [5.41, 5.74) is -3.22. The Kier molecular flexibility index (Phi) is 3.71. The van der Waals surface area contributed by atoms with Crippen LogP contribution in [0.3, 0.4) is 0 Å². The summed E-state index contributed by atoms with van der Waals surface area (Å²) in [5, 5.41) is 8.63. The highest BCUT2D eigenvalue weighted by Gasteiger charge is 2.35. The Morgan fingerprint density at radius 2 is 2.00 bits per heavy atom. The number of ether oxygens (including phenoxy) is 1. The van der Waals surface area contributed by atoms with Crippen LogP contribution in [0.2, 0.25) is 0 Å². The van der Waals surface area contributed by atoms with Crippen LogP contribution in [0.5, 0.6) is 5.75 Å². The average molecular weight is 259 g/mol. The van der Waals surface area contributed by atoms with Crippen molar-refractivity contribution in [3.05, 3.63) is 27.7 Å². The molecular formula is C8H6F5NO3. The highest BCUT2D eigenvalue weighted by atomic mass is 19.4. The number of rotatable bonds is 3. The van der Waals surface area contributed by atoms with Crippen molar-refractivity contribution in [3.8, 4) is 5.75 Å². The monoisotopic (exact) mass is 259 g/mol. The summed E-state index contributed by atoms with van der Waals surface area (Å²) in [6.45, 7) is -0.896. The minimum Gasteiger partial charge on any atom is -0.399 e. The van der Waals surface area contributed by atoms with Crippen molar-refractivity contribution in [3.63, 3.8) is 0 Å². The molecule has 0 radical (unpaired) electrons. The minimum absolute atomic E-state index is 0.506. The average Bonchev–Trinajstić information content (AvgIpc) is 2.18. The van der Waals surface area contributed by atoms with Crippen LogP contribution in [0.15, 0.2) is 11.0 Å². The van der Waals surface area contributed by atoms with E-state index in [9.17, 15) is 26.7 Å². The molecule has 0 aliphatic rings. The summed E-state index contributed by atoms with van der Waals surface area (Å²) in [7, 11) is 0. The first kappa shape index (κ1) is 13.4. The van der Waals surface area contributed by atoms with Gasteiger partial charge in [0, 0.05) is 11.8 Å². The first-order valence-electron chi connectivity index (χ1n) is 4.15. The van der Waals surface area contributed by atoms with Crippen LogP contribution < -0.4 is 10.2 Å². The molecule has 1 rings (SSSR count). The maximum absolute atomic E-state index is 12.3. The number of hydrogen-bond acceptors (Lipinski definition) is 3. The summed E-state index contributed by atoms with van der Waals surface area (Å²) in [6, 6.07) is 0. The van der Waals surface area contributed by atoms with Gasteiger partial charge in [-0.2, -0.15) is 0 Å². The number of alkyl halides is 5. The molecule has 2 N–H and O–H groups in total. The third kappa shape index (κ3) is 3.16. The number of aromatic nitrogens is 1. The van der Waals surface area contributed by atoms with E-state index < -0.39 is 41.8 Å². The van der Waals surface area contributed by atoms with Gasteiger partial charge in [-0.05, 0) is 0 Å². The van der Waals surface area contributed by atoms with Crippen LogP contribution in [0.1, 0.15) is 17.7 Å². The SMILES string of the molecule is O=c1c(CO)c[nH]c(C(F)F)c1OC(F)(F)F. The third-order valence-electron chi connectivity index (χ3n) is 1.75. The fourth-order valence-electron chi connectivity index (χ4n) is 1.06. The Hall–Kier alpha value is -1.64. The molecule has 1 heterocycles. The molecule has 0 spiro atoms. The summed E-state index contributed by atoms with van der Waals surface area (Å²) < 4.78 is 63.7. The van der Waals surface area contributed by atoms with Crippen LogP contribution in [0.25, 0.3) is 0 Å². The van der Waals surface area contributed by atoms with Gasteiger partial charge in [0.05, 0.1) is 6.61 Å². The maximum atomic E-state index is 12.3. The largest absolute Gasteiger partial charge is 0.573 e. The molecule has 0 bridgehead atoms. The van der Waals surface area contributed by atoms with Gasteiger partial charge < -0.3 is 14.8 Å². The Morgan fingerprint density at radius 3 is 2.41 bits per heavy atom. The van der Waals surface area contributed by atoms with E-state index in [0.29, 0.717) is 6.20 Å². The van der Waals surface area contributed by atoms with Crippen LogP contribution in [-0.2, 0) is 6.61 Å². The van der Waals surface area contributed by atoms with E-state index in [2.05, 4.69) is 4.74 Å². The van der Waals surface area contributed by atoms with Gasteiger partial charge in [-0.1, -0.05) is 0 Å². The number of aromatic amines is 1. The van der Waals surface area contributed by atoms with E-state index in [1.54, 1.807) is 4.98 Å². The zero-order valence-corrected chi connectivity index (χ0v) is 8.02. The number of H-pyrrole nitrogens is 1. The van der Waals surface area contributed by atoms with Gasteiger partial charge in [0.25, 0.3) is 6.43 Å². The Bertz CT molecular complexity index is 453. The lowest BCUT2D eigenvalue weighted by Crippen LogP contribution is -2.25. The molecular weight excluding hydrogens is 253 g/mol. The molecule has 0 atom stereocenters. The summed E-state index contributed by atoms with van der Waals surface area (Å²) >= 11 is 0. The molecule has 0 aromatic carbocycles. The second kappa shape index (κ2) is 4.70. The molecule has 0 amide bonds. The van der Waals surface area contributed by atoms with Crippen LogP contribution in [-0.4, -0.2) is 16.5 Å². The van der Waals surface area contributed by atoms with Gasteiger partial charge in [0.15, 0.2) is 0 Å². The van der Waals surface area contributed by atoms with Crippen molar-refractivity contribution in [1.82, 2.24) is 4.98 Å². The second-order valence-corrected chi connectivity index (χ2v) is 2.89. The fourth-order valence-corrected chi connectivity index (χ4v) is 1.06. The predicted octanol–water partition coefficient (Wildman–Crippen LogP) is 1.70. The van der Waals surface area contributed by atoms with Crippen molar-refractivity contribution in [2.75, 3.05) is 0 Å². The number of nitrogens with one attached hydrogen (secondary N) is 1. The molecule has 4 nitrogen and oxygen atoms in total. The molecule has 96 valence electrons. The van der Waals surface area contributed by atoms with Crippen molar-refractivity contribution in [2.45, 2.75) is 19.4 Å². The predicted molar refractivity (Wildman–Crippen MR) is 44.6 cm³/mol. The molecule has 1 aromatic heterocycles. The molecule has 1 aromatic rings. The molecule has 0 aliphatic carbocycles. The summed E-state index contributed by atoms with van der Waals surface area (Å²) in [4.78, 5) is 13.0. The molecule has 0 saturated heterocycles. The van der Waals surface area contributed by atoms with Crippen LogP contribution >= 0.6 is 0 Å². The second-order valence-electron chi connectivity index (χ2n) is 2.89. The van der Waals surface area contributed by atoms with Gasteiger partial charge >= 0.3 is 6.36 Å². The number of halogens is 5. The first-order chi connectivity index (χ1) is 7.76. The smallest absolute Gasteiger partial charge is 0.399 e. The van der Waals surface area contributed by atoms with Gasteiger partial charge in [0.2, 0.25) is 11.2 Å². The summed E-state index contributed by atoms with van der Waals surface area (Å²) in [5.74, 6) is -1.56. The van der Waals surface area contributed by atoms with E-state index in [1.807, 2.05) is 0 Å². The fraction of sp³-hybridized carbons (Fsp3) is 0.375. The lowest BCUT2D eigenvalue weighted by molar-refractivity contribution is -0.275. The Balaban J connectivity index is 3.35. The molecule has 0 fully saturated rings. The highest BCUT2D eigenvalue weighted by Crippen LogP contribution is 2.28. The lowest BCUT2D eigenvalue weighted by atomic mass is 10.2. The normalized spacial score (nSPS) is 11.9. The minimum atomic E-state index is -5.27. The quantitative estimate of drug-likeness (QED) is 0.812. The topological polar surface area (TPSA) is 62.3 Å². The number of aliphatic hydroxyl groups is 1. The number of hydrogen-bond donors (Lipinski definition) is 2. The van der Waals surface area contributed by atoms with E-state index >= 15 is 0 Å². The number of pyridine rings is 1. The standard InChI is InChI=1S/C8H6F5NO3/c9-7(10)4-6(17-8(11,12)13)5(16)3(2-15)1-14-4/h1,7,15H,2H2,(H,14,16). The van der Waals surface area contributed by atoms with E-state index in [-0.39, 0.29) is 0 Å². The van der Waals surface area contributed by atoms with Crippen molar-refractivity contribution >= 4 is 0 Å². The Morgan fingerprint density at radius 1 is 1.41 bits per heavy atom. The van der Waals surface area contributed by atoms with Crippen molar-refractivity contribution in [2.24, 2.45) is 0 Å². The van der Waals surface area contributed by atoms with E-state index in [0.717, 1.165) is 0 Å². The van der Waals surface area contributed by atoms with Crippen LogP contribution in [0, 0.1) is 0 Å². The van der Waals surface area contributed by atoms with Gasteiger partial charge in [-0.25, -0.2) is 8.78 Å². The first-order valence-corrected chi connectivity index (χ1v) is 4.15. The zero-order chi connectivity index (χ0) is 13.2. The molecule has 0 unspecified atom stereocenters. The molecule has 0 saturated carbocycles. The van der Waals surface area contributed by atoms with Crippen molar-refractivity contribution < 1.29 is 31.8 Å². The zero-order valence-electron chi connectivity index (χ0n) is 8.02. The van der Waals surface area contributed by atoms with Gasteiger partial charge in [-0.3, -0.25) is 4.79 Å². The molecule has 0 aliphatic heterocycles. The lowest BCUT2D eigenvalue weighted by Gasteiger charge is -2.12. The summed E-state index contributed by atoms with van der Waals surface area (Å²) in [6.07, 6.45) is -7.91. The van der Waals surface area contributed by atoms with E-state index in [1.165, 1.54) is 0 Å². The van der Waals surface area contributed by atoms with Crippen LogP contribution in [0.4, 0.5) is 22.0 Å². The van der Waals surface area contributed by atoms with Gasteiger partial charge in [0.1, 0.15) is 5.69 Å². The molecule has 17 heavy (non-hydrogen) atoms. The Labute approximate surface area is 90.6 Å². The maximum Gasteiger partial charge on any atom is 0.573 e. The van der Waals surface area contributed by atoms with Crippen molar-refractivity contribution in [1.29, 1.82) is 0 Å².